The highest BCUT2D eigenvalue weighted by Crippen LogP contribution is 2.28. The largest absolute Gasteiger partial charge is 0.261 e. The summed E-state index contributed by atoms with van der Waals surface area (Å²) in [7, 11) is 0. The molecule has 0 amide bonds. The van der Waals surface area contributed by atoms with E-state index in [2.05, 4.69) is 43.0 Å². The predicted molar refractivity (Wildman–Crippen MR) is 73.0 cm³/mol. The van der Waals surface area contributed by atoms with Crippen LogP contribution < -0.4 is 10.9 Å². The van der Waals surface area contributed by atoms with Gasteiger partial charge < -0.3 is 0 Å². The van der Waals surface area contributed by atoms with E-state index in [1.165, 1.54) is 0 Å². The minimum Gasteiger partial charge on any atom is -0.261 e. The van der Waals surface area contributed by atoms with Gasteiger partial charge >= 0.3 is 0 Å². The molecule has 1 fully saturated rings. The van der Waals surface area contributed by atoms with Crippen molar-refractivity contribution in [1.82, 2.24) is 40.6 Å². The molecule has 0 radical (unpaired) electrons. The standard InChI is InChI=1S/C11H12N8S/c1-6-7(4-14-15-6)10-18-19-9(16-17-11(19)20-10)8-5-12-2-3-13-8/h2-3,5-7,14-15H,4H2,1H3. The molecule has 3 aromatic heterocycles. The lowest BCUT2D eigenvalue weighted by molar-refractivity contribution is 0.566. The van der Waals surface area contributed by atoms with Crippen LogP contribution in [0.15, 0.2) is 18.6 Å². The number of nitrogens with one attached hydrogen (secondary N) is 2. The van der Waals surface area contributed by atoms with Crippen LogP contribution in [0.4, 0.5) is 0 Å². The number of hydrazine groups is 1. The van der Waals surface area contributed by atoms with Crippen molar-refractivity contribution in [3.05, 3.63) is 23.6 Å². The average Bonchev–Trinajstić information content (AvgIpc) is 3.13. The Morgan fingerprint density at radius 1 is 1.35 bits per heavy atom. The third-order valence-corrected chi connectivity index (χ3v) is 4.40. The first-order valence-corrected chi connectivity index (χ1v) is 7.11. The molecular formula is C11H12N8S. The topological polar surface area (TPSA) is 92.9 Å². The van der Waals surface area contributed by atoms with E-state index in [0.717, 1.165) is 16.5 Å². The molecular weight excluding hydrogens is 276 g/mol. The molecule has 0 bridgehead atoms. The van der Waals surface area contributed by atoms with Crippen molar-refractivity contribution in [2.24, 2.45) is 0 Å². The van der Waals surface area contributed by atoms with Gasteiger partial charge in [-0.3, -0.25) is 15.8 Å². The molecule has 8 nitrogen and oxygen atoms in total. The van der Waals surface area contributed by atoms with Crippen LogP contribution in [-0.2, 0) is 0 Å². The highest BCUT2D eigenvalue weighted by atomic mass is 32.1. The summed E-state index contributed by atoms with van der Waals surface area (Å²) in [4.78, 5) is 9.08. The molecule has 4 heterocycles. The second kappa shape index (κ2) is 4.54. The van der Waals surface area contributed by atoms with Gasteiger partial charge in [-0.15, -0.1) is 10.2 Å². The summed E-state index contributed by atoms with van der Waals surface area (Å²) >= 11 is 1.56. The first-order valence-electron chi connectivity index (χ1n) is 6.30. The van der Waals surface area contributed by atoms with E-state index in [0.29, 0.717) is 23.5 Å². The fourth-order valence-corrected chi connectivity index (χ4v) is 3.31. The van der Waals surface area contributed by atoms with Crippen LogP contribution in [0.1, 0.15) is 17.8 Å². The SMILES string of the molecule is CC1NNCC1c1nn2c(-c3cnccn3)nnc2s1. The first kappa shape index (κ1) is 11.8. The molecule has 0 aromatic carbocycles. The molecule has 0 saturated carbocycles. The molecule has 2 unspecified atom stereocenters. The zero-order chi connectivity index (χ0) is 13.5. The van der Waals surface area contributed by atoms with Crippen LogP contribution in [0, 0.1) is 0 Å². The number of aromatic nitrogens is 6. The maximum atomic E-state index is 4.64. The lowest BCUT2D eigenvalue weighted by Gasteiger charge is -2.08. The predicted octanol–water partition coefficient (Wildman–Crippen LogP) is 0.223. The molecule has 0 aliphatic carbocycles. The summed E-state index contributed by atoms with van der Waals surface area (Å²) in [6, 6.07) is 0.346. The minimum absolute atomic E-state index is 0.344. The van der Waals surface area contributed by atoms with Gasteiger partial charge in [0, 0.05) is 30.9 Å². The van der Waals surface area contributed by atoms with Gasteiger partial charge in [-0.1, -0.05) is 11.3 Å². The number of hydrogen-bond acceptors (Lipinski definition) is 8. The average molecular weight is 288 g/mol. The van der Waals surface area contributed by atoms with Crippen molar-refractivity contribution < 1.29 is 0 Å². The number of fused-ring (bicyclic) bond motifs is 1. The minimum atomic E-state index is 0.344. The quantitative estimate of drug-likeness (QED) is 0.697. The Balaban J connectivity index is 1.79. The maximum Gasteiger partial charge on any atom is 0.235 e. The van der Waals surface area contributed by atoms with Crippen LogP contribution >= 0.6 is 11.3 Å². The Hall–Kier alpha value is -1.97. The number of nitrogens with zero attached hydrogens (tertiary/aromatic N) is 6. The summed E-state index contributed by atoms with van der Waals surface area (Å²) in [6.07, 6.45) is 4.93. The molecule has 1 aliphatic rings. The Labute approximate surface area is 118 Å². The molecule has 0 spiro atoms. The Morgan fingerprint density at radius 2 is 2.30 bits per heavy atom. The maximum absolute atomic E-state index is 4.64. The van der Waals surface area contributed by atoms with Gasteiger partial charge in [0.2, 0.25) is 10.8 Å². The normalized spacial score (nSPS) is 22.6. The lowest BCUT2D eigenvalue weighted by atomic mass is 10.1. The molecule has 9 heteroatoms. The summed E-state index contributed by atoms with van der Waals surface area (Å²) in [6.45, 7) is 3.00. The Bertz CT molecular complexity index is 735. The van der Waals surface area contributed by atoms with Crippen molar-refractivity contribution >= 4 is 16.3 Å². The first-order chi connectivity index (χ1) is 9.83. The van der Waals surface area contributed by atoms with E-state index in [1.807, 2.05) is 0 Å². The molecule has 4 rings (SSSR count). The van der Waals surface area contributed by atoms with Gasteiger partial charge in [0.05, 0.1) is 6.20 Å². The number of hydrogen-bond donors (Lipinski definition) is 2. The monoisotopic (exact) mass is 288 g/mol. The summed E-state index contributed by atoms with van der Waals surface area (Å²) in [5.41, 5.74) is 7.03. The van der Waals surface area contributed by atoms with E-state index in [4.69, 9.17) is 0 Å². The van der Waals surface area contributed by atoms with Gasteiger partial charge in [-0.05, 0) is 6.92 Å². The van der Waals surface area contributed by atoms with Crippen molar-refractivity contribution in [3.8, 4) is 11.5 Å². The fourth-order valence-electron chi connectivity index (χ4n) is 2.26. The second-order valence-electron chi connectivity index (χ2n) is 4.67. The van der Waals surface area contributed by atoms with Gasteiger partial charge in [-0.25, -0.2) is 4.98 Å². The Kier molecular flexibility index (Phi) is 2.69. The van der Waals surface area contributed by atoms with Gasteiger partial charge in [0.15, 0.2) is 0 Å². The van der Waals surface area contributed by atoms with Crippen LogP contribution in [-0.4, -0.2) is 42.4 Å². The smallest absolute Gasteiger partial charge is 0.235 e. The van der Waals surface area contributed by atoms with E-state index in [1.54, 1.807) is 34.4 Å². The van der Waals surface area contributed by atoms with E-state index in [-0.39, 0.29) is 0 Å². The molecule has 20 heavy (non-hydrogen) atoms. The fraction of sp³-hybridized carbons (Fsp3) is 0.364. The zero-order valence-electron chi connectivity index (χ0n) is 10.7. The molecule has 102 valence electrons. The second-order valence-corrected chi connectivity index (χ2v) is 5.66. The highest BCUT2D eigenvalue weighted by molar-refractivity contribution is 7.16. The highest BCUT2D eigenvalue weighted by Gasteiger charge is 2.28. The summed E-state index contributed by atoms with van der Waals surface area (Å²) < 4.78 is 1.75. The van der Waals surface area contributed by atoms with Gasteiger partial charge in [0.1, 0.15) is 10.7 Å². The van der Waals surface area contributed by atoms with Gasteiger partial charge in [0.25, 0.3) is 0 Å². The van der Waals surface area contributed by atoms with Crippen molar-refractivity contribution in [3.63, 3.8) is 0 Å². The van der Waals surface area contributed by atoms with Crippen LogP contribution in [0.3, 0.4) is 0 Å². The third-order valence-electron chi connectivity index (χ3n) is 3.37. The molecule has 1 aliphatic heterocycles. The molecule has 2 N–H and O–H groups in total. The molecule has 1 saturated heterocycles. The van der Waals surface area contributed by atoms with E-state index >= 15 is 0 Å². The van der Waals surface area contributed by atoms with Crippen molar-refractivity contribution in [2.75, 3.05) is 6.54 Å². The van der Waals surface area contributed by atoms with E-state index < -0.39 is 0 Å². The third kappa shape index (κ3) is 1.79. The molecule has 2 atom stereocenters. The zero-order valence-corrected chi connectivity index (χ0v) is 11.5. The summed E-state index contributed by atoms with van der Waals surface area (Å²) in [5, 5.41) is 14.0. The molecule has 3 aromatic rings. The summed E-state index contributed by atoms with van der Waals surface area (Å²) in [5.74, 6) is 0.971. The van der Waals surface area contributed by atoms with E-state index in [9.17, 15) is 0 Å². The van der Waals surface area contributed by atoms with Crippen LogP contribution in [0.2, 0.25) is 0 Å². The Morgan fingerprint density at radius 3 is 3.05 bits per heavy atom. The van der Waals surface area contributed by atoms with Crippen LogP contribution in [0.5, 0.6) is 0 Å². The van der Waals surface area contributed by atoms with Crippen LogP contribution in [0.25, 0.3) is 16.5 Å². The lowest BCUT2D eigenvalue weighted by Crippen LogP contribution is -2.28. The van der Waals surface area contributed by atoms with Gasteiger partial charge in [-0.2, -0.15) is 9.61 Å². The number of rotatable bonds is 2. The van der Waals surface area contributed by atoms with Crippen molar-refractivity contribution in [1.29, 1.82) is 0 Å². The van der Waals surface area contributed by atoms with Crippen molar-refractivity contribution in [2.45, 2.75) is 18.9 Å².